The molecular weight excluding hydrogens is 362 g/mol. The SMILES string of the molecule is Cc1cccc(C)c1NC(=O)CNC(=O)c1ccc2[nH]c3c(c2c1)C[C@H](C)CC3. The van der Waals surface area contributed by atoms with E-state index in [4.69, 9.17) is 0 Å². The van der Waals surface area contributed by atoms with Crippen molar-refractivity contribution in [1.82, 2.24) is 10.3 Å². The van der Waals surface area contributed by atoms with Crippen LogP contribution in [0.3, 0.4) is 0 Å². The Labute approximate surface area is 170 Å². The highest BCUT2D eigenvalue weighted by molar-refractivity contribution is 6.02. The van der Waals surface area contributed by atoms with Gasteiger partial charge in [0.05, 0.1) is 6.54 Å². The summed E-state index contributed by atoms with van der Waals surface area (Å²) in [5.74, 6) is 0.194. The molecule has 2 aromatic carbocycles. The van der Waals surface area contributed by atoms with Crippen LogP contribution in [0.1, 0.15) is 46.1 Å². The van der Waals surface area contributed by atoms with Gasteiger partial charge in [-0.05, 0) is 73.9 Å². The van der Waals surface area contributed by atoms with E-state index in [0.717, 1.165) is 40.6 Å². The van der Waals surface area contributed by atoms with Crippen molar-refractivity contribution in [3.05, 3.63) is 64.3 Å². The Morgan fingerprint density at radius 3 is 2.66 bits per heavy atom. The minimum atomic E-state index is -0.234. The van der Waals surface area contributed by atoms with Crippen molar-refractivity contribution in [3.63, 3.8) is 0 Å². The Bertz CT molecular complexity index is 1080. The molecule has 0 saturated heterocycles. The predicted molar refractivity (Wildman–Crippen MR) is 116 cm³/mol. The molecule has 5 heteroatoms. The number of para-hydroxylation sites is 1. The Morgan fingerprint density at radius 1 is 1.14 bits per heavy atom. The highest BCUT2D eigenvalue weighted by Gasteiger charge is 2.20. The lowest BCUT2D eigenvalue weighted by Gasteiger charge is -2.18. The average Bonchev–Trinajstić information content (AvgIpc) is 3.06. The molecule has 2 amide bonds. The number of hydrogen-bond acceptors (Lipinski definition) is 2. The lowest BCUT2D eigenvalue weighted by Crippen LogP contribution is -2.33. The molecule has 4 rings (SSSR count). The van der Waals surface area contributed by atoms with Crippen molar-refractivity contribution in [2.75, 3.05) is 11.9 Å². The summed E-state index contributed by atoms with van der Waals surface area (Å²) in [5.41, 5.74) is 7.10. The normalized spacial score (nSPS) is 15.8. The number of rotatable bonds is 4. The van der Waals surface area contributed by atoms with Crippen LogP contribution in [0.2, 0.25) is 0 Å². The van der Waals surface area contributed by atoms with Gasteiger partial charge in [-0.15, -0.1) is 0 Å². The average molecular weight is 389 g/mol. The second-order valence-corrected chi connectivity index (χ2v) is 8.19. The number of carbonyl (C=O) groups excluding carboxylic acids is 2. The fraction of sp³-hybridized carbons (Fsp3) is 0.333. The van der Waals surface area contributed by atoms with E-state index in [1.54, 1.807) is 0 Å². The van der Waals surface area contributed by atoms with E-state index in [-0.39, 0.29) is 18.4 Å². The first-order valence-electron chi connectivity index (χ1n) is 10.2. The third-order valence-corrected chi connectivity index (χ3v) is 5.85. The number of amides is 2. The van der Waals surface area contributed by atoms with Crippen molar-refractivity contribution < 1.29 is 9.59 Å². The van der Waals surface area contributed by atoms with Gasteiger partial charge in [-0.1, -0.05) is 25.1 Å². The van der Waals surface area contributed by atoms with E-state index in [9.17, 15) is 9.59 Å². The number of H-pyrrole nitrogens is 1. The summed E-state index contributed by atoms with van der Waals surface area (Å²) in [6.07, 6.45) is 3.30. The Morgan fingerprint density at radius 2 is 1.90 bits per heavy atom. The number of nitrogens with one attached hydrogen (secondary N) is 3. The molecule has 0 bridgehead atoms. The van der Waals surface area contributed by atoms with Gasteiger partial charge < -0.3 is 15.6 Å². The van der Waals surface area contributed by atoms with Gasteiger partial charge in [0.1, 0.15) is 0 Å². The summed E-state index contributed by atoms with van der Waals surface area (Å²) in [6, 6.07) is 11.6. The molecule has 3 aromatic rings. The zero-order chi connectivity index (χ0) is 20.5. The summed E-state index contributed by atoms with van der Waals surface area (Å²) in [5, 5.41) is 6.76. The van der Waals surface area contributed by atoms with Crippen LogP contribution in [-0.4, -0.2) is 23.3 Å². The minimum Gasteiger partial charge on any atom is -0.358 e. The maximum absolute atomic E-state index is 12.6. The van der Waals surface area contributed by atoms with Gasteiger partial charge >= 0.3 is 0 Å². The zero-order valence-corrected chi connectivity index (χ0v) is 17.2. The number of aromatic nitrogens is 1. The van der Waals surface area contributed by atoms with Crippen molar-refractivity contribution in [2.24, 2.45) is 5.92 Å². The lowest BCUT2D eigenvalue weighted by atomic mass is 9.87. The molecule has 0 unspecified atom stereocenters. The number of carbonyl (C=O) groups is 2. The van der Waals surface area contributed by atoms with Crippen LogP contribution in [-0.2, 0) is 17.6 Å². The molecule has 1 aromatic heterocycles. The Balaban J connectivity index is 1.45. The Hall–Kier alpha value is -3.08. The molecule has 150 valence electrons. The fourth-order valence-corrected chi connectivity index (χ4v) is 4.19. The first kappa shape index (κ1) is 19.2. The molecule has 0 saturated carbocycles. The second-order valence-electron chi connectivity index (χ2n) is 8.19. The second kappa shape index (κ2) is 7.74. The number of benzene rings is 2. The molecule has 0 aliphatic heterocycles. The molecule has 1 heterocycles. The van der Waals surface area contributed by atoms with E-state index >= 15 is 0 Å². The van der Waals surface area contributed by atoms with Gasteiger partial charge in [0.15, 0.2) is 0 Å². The summed E-state index contributed by atoms with van der Waals surface area (Å²) in [7, 11) is 0. The standard InChI is InChI=1S/C24H27N3O2/c1-14-7-9-20-18(11-14)19-12-17(8-10-21(19)26-20)24(29)25-13-22(28)27-23-15(2)5-4-6-16(23)3/h4-6,8,10,12,14,26H,7,9,11,13H2,1-3H3,(H,25,29)(H,27,28)/t14-/m1/s1. The molecule has 29 heavy (non-hydrogen) atoms. The number of aromatic amines is 1. The number of aryl methyl sites for hydroxylation is 3. The predicted octanol–water partition coefficient (Wildman–Crippen LogP) is 4.28. The van der Waals surface area contributed by atoms with Gasteiger partial charge in [0.25, 0.3) is 5.91 Å². The highest BCUT2D eigenvalue weighted by Crippen LogP contribution is 2.32. The van der Waals surface area contributed by atoms with Crippen molar-refractivity contribution in [3.8, 4) is 0 Å². The van der Waals surface area contributed by atoms with Crippen LogP contribution < -0.4 is 10.6 Å². The van der Waals surface area contributed by atoms with Crippen LogP contribution in [0.25, 0.3) is 10.9 Å². The third kappa shape index (κ3) is 3.90. The molecule has 3 N–H and O–H groups in total. The quantitative estimate of drug-likeness (QED) is 0.623. The molecular formula is C24H27N3O2. The van der Waals surface area contributed by atoms with Crippen LogP contribution in [0.15, 0.2) is 36.4 Å². The molecule has 5 nitrogen and oxygen atoms in total. The van der Waals surface area contributed by atoms with Crippen molar-refractivity contribution in [2.45, 2.75) is 40.0 Å². The van der Waals surface area contributed by atoms with Gasteiger partial charge in [0.2, 0.25) is 5.91 Å². The smallest absolute Gasteiger partial charge is 0.251 e. The van der Waals surface area contributed by atoms with E-state index in [1.165, 1.54) is 17.7 Å². The first-order chi connectivity index (χ1) is 13.9. The van der Waals surface area contributed by atoms with Gasteiger partial charge in [-0.3, -0.25) is 9.59 Å². The highest BCUT2D eigenvalue weighted by atomic mass is 16.2. The zero-order valence-electron chi connectivity index (χ0n) is 17.2. The number of hydrogen-bond donors (Lipinski definition) is 3. The summed E-state index contributed by atoms with van der Waals surface area (Å²) < 4.78 is 0. The van der Waals surface area contributed by atoms with Crippen LogP contribution in [0, 0.1) is 19.8 Å². The fourth-order valence-electron chi connectivity index (χ4n) is 4.19. The number of anilines is 1. The van der Waals surface area contributed by atoms with Gasteiger partial charge in [-0.2, -0.15) is 0 Å². The van der Waals surface area contributed by atoms with E-state index < -0.39 is 0 Å². The maximum Gasteiger partial charge on any atom is 0.251 e. The van der Waals surface area contributed by atoms with Crippen LogP contribution in [0.5, 0.6) is 0 Å². The molecule has 1 aliphatic carbocycles. The van der Waals surface area contributed by atoms with Crippen molar-refractivity contribution >= 4 is 28.4 Å². The Kier molecular flexibility index (Phi) is 5.14. The van der Waals surface area contributed by atoms with Gasteiger partial charge in [-0.25, -0.2) is 0 Å². The van der Waals surface area contributed by atoms with E-state index in [2.05, 4.69) is 22.5 Å². The summed E-state index contributed by atoms with van der Waals surface area (Å²) in [4.78, 5) is 28.4. The summed E-state index contributed by atoms with van der Waals surface area (Å²) in [6.45, 7) is 6.11. The largest absolute Gasteiger partial charge is 0.358 e. The maximum atomic E-state index is 12.6. The van der Waals surface area contributed by atoms with E-state index in [1.807, 2.05) is 50.2 Å². The topological polar surface area (TPSA) is 74.0 Å². The molecule has 1 atom stereocenters. The summed E-state index contributed by atoms with van der Waals surface area (Å²) >= 11 is 0. The number of fused-ring (bicyclic) bond motifs is 3. The molecule has 0 spiro atoms. The van der Waals surface area contributed by atoms with Gasteiger partial charge in [0, 0.05) is 27.8 Å². The lowest BCUT2D eigenvalue weighted by molar-refractivity contribution is -0.115. The van der Waals surface area contributed by atoms with Crippen LogP contribution in [0.4, 0.5) is 5.69 Å². The molecule has 0 radical (unpaired) electrons. The van der Waals surface area contributed by atoms with Crippen molar-refractivity contribution in [1.29, 1.82) is 0 Å². The monoisotopic (exact) mass is 389 g/mol. The van der Waals surface area contributed by atoms with Crippen LogP contribution >= 0.6 is 0 Å². The molecule has 0 fully saturated rings. The van der Waals surface area contributed by atoms with E-state index in [0.29, 0.717) is 11.5 Å². The minimum absolute atomic E-state index is 0.0626. The third-order valence-electron chi connectivity index (χ3n) is 5.85. The first-order valence-corrected chi connectivity index (χ1v) is 10.2. The molecule has 1 aliphatic rings.